The fraction of sp³-hybridized carbons (Fsp3) is 0.273. The van der Waals surface area contributed by atoms with E-state index in [2.05, 4.69) is 59.0 Å². The Hall–Kier alpha value is -2.46. The predicted molar refractivity (Wildman–Crippen MR) is 98.8 cm³/mol. The molecule has 0 bridgehead atoms. The number of fused-ring (bicyclic) bond motifs is 1. The van der Waals surface area contributed by atoms with Crippen LogP contribution in [-0.4, -0.2) is 16.0 Å². The Kier molecular flexibility index (Phi) is 4.60. The van der Waals surface area contributed by atoms with E-state index in [1.165, 1.54) is 22.9 Å². The zero-order valence-corrected chi connectivity index (χ0v) is 14.8. The largest absolute Gasteiger partial charge is 0.350 e. The first kappa shape index (κ1) is 17.0. The lowest BCUT2D eigenvalue weighted by molar-refractivity contribution is 0.216. The van der Waals surface area contributed by atoms with Crippen molar-refractivity contribution in [1.29, 1.82) is 0 Å². The average Bonchev–Trinajstić information content (AvgIpc) is 3.00. The summed E-state index contributed by atoms with van der Waals surface area (Å²) in [7, 11) is 0. The van der Waals surface area contributed by atoms with Crippen molar-refractivity contribution in [2.75, 3.05) is 6.54 Å². The first-order chi connectivity index (χ1) is 12.6. The number of hydrogen-bond donors (Lipinski definition) is 0. The molecule has 0 amide bonds. The topological polar surface area (TPSA) is 8.17 Å². The van der Waals surface area contributed by atoms with E-state index < -0.39 is 11.6 Å². The lowest BCUT2D eigenvalue weighted by Crippen LogP contribution is -2.30. The van der Waals surface area contributed by atoms with E-state index >= 15 is 0 Å². The minimum absolute atomic E-state index is 0.0232. The summed E-state index contributed by atoms with van der Waals surface area (Å²) in [6, 6.07) is 17.1. The first-order valence-corrected chi connectivity index (χ1v) is 9.02. The van der Waals surface area contributed by atoms with Crippen LogP contribution in [0.5, 0.6) is 0 Å². The lowest BCUT2D eigenvalue weighted by Gasteiger charge is -2.31. The van der Waals surface area contributed by atoms with Crippen LogP contribution in [0.3, 0.4) is 0 Å². The van der Waals surface area contributed by atoms with Crippen molar-refractivity contribution >= 4 is 0 Å². The third-order valence-electron chi connectivity index (χ3n) is 5.12. The smallest absolute Gasteiger partial charge is 0.163 e. The molecule has 4 rings (SSSR count). The average molecular weight is 352 g/mol. The third kappa shape index (κ3) is 3.17. The fourth-order valence-electron chi connectivity index (χ4n) is 3.92. The van der Waals surface area contributed by atoms with Gasteiger partial charge in [0, 0.05) is 37.1 Å². The van der Waals surface area contributed by atoms with Crippen LogP contribution in [0.2, 0.25) is 0 Å². The molecule has 0 unspecified atom stereocenters. The van der Waals surface area contributed by atoms with Gasteiger partial charge in [-0.05, 0) is 37.1 Å². The highest BCUT2D eigenvalue weighted by Crippen LogP contribution is 2.33. The maximum absolute atomic E-state index is 14.3. The van der Waals surface area contributed by atoms with Gasteiger partial charge in [-0.3, -0.25) is 4.90 Å². The Morgan fingerprint density at radius 1 is 1.00 bits per heavy atom. The number of aryl methyl sites for hydroxylation is 2. The first-order valence-electron chi connectivity index (χ1n) is 9.02. The van der Waals surface area contributed by atoms with Crippen LogP contribution in [0.15, 0.2) is 60.8 Å². The standard InChI is InChI=1S/C22H22F2N2/c1-16-6-2-7-17(14-16)22-20-10-4-11-25(20)12-5-13-26(22)15-18-8-3-9-19(23)21(18)24/h2-4,6-11,14,22H,5,12-13,15H2,1H3/t22-/m1/s1. The number of benzene rings is 2. The van der Waals surface area contributed by atoms with Crippen molar-refractivity contribution < 1.29 is 8.78 Å². The molecule has 0 saturated heterocycles. The van der Waals surface area contributed by atoms with Gasteiger partial charge in [0.2, 0.25) is 0 Å². The summed E-state index contributed by atoms with van der Waals surface area (Å²) in [5, 5.41) is 0. The second-order valence-electron chi connectivity index (χ2n) is 6.98. The molecule has 2 aromatic carbocycles. The molecule has 0 radical (unpaired) electrons. The summed E-state index contributed by atoms with van der Waals surface area (Å²) < 4.78 is 30.2. The van der Waals surface area contributed by atoms with Crippen molar-refractivity contribution in [2.45, 2.75) is 32.5 Å². The molecule has 26 heavy (non-hydrogen) atoms. The van der Waals surface area contributed by atoms with E-state index in [0.29, 0.717) is 12.1 Å². The van der Waals surface area contributed by atoms with Gasteiger partial charge in [0.15, 0.2) is 11.6 Å². The van der Waals surface area contributed by atoms with E-state index in [0.717, 1.165) is 19.5 Å². The van der Waals surface area contributed by atoms with Crippen LogP contribution in [0.25, 0.3) is 0 Å². The molecular weight excluding hydrogens is 330 g/mol. The van der Waals surface area contributed by atoms with Gasteiger partial charge in [0.25, 0.3) is 0 Å². The van der Waals surface area contributed by atoms with Crippen LogP contribution >= 0.6 is 0 Å². The van der Waals surface area contributed by atoms with Gasteiger partial charge in [0.1, 0.15) is 0 Å². The fourth-order valence-corrected chi connectivity index (χ4v) is 3.92. The molecule has 0 spiro atoms. The number of nitrogens with zero attached hydrogens (tertiary/aromatic N) is 2. The molecule has 0 fully saturated rings. The van der Waals surface area contributed by atoms with Crippen LogP contribution in [0.4, 0.5) is 8.78 Å². The van der Waals surface area contributed by atoms with Gasteiger partial charge in [0.05, 0.1) is 6.04 Å². The normalized spacial score (nSPS) is 17.7. The number of rotatable bonds is 3. The molecule has 134 valence electrons. The Labute approximate surface area is 152 Å². The third-order valence-corrected chi connectivity index (χ3v) is 5.12. The zero-order chi connectivity index (χ0) is 18.1. The summed E-state index contributed by atoms with van der Waals surface area (Å²) in [5.41, 5.74) is 3.98. The Morgan fingerprint density at radius 3 is 2.69 bits per heavy atom. The highest BCUT2D eigenvalue weighted by molar-refractivity contribution is 5.33. The van der Waals surface area contributed by atoms with Gasteiger partial charge in [-0.25, -0.2) is 8.78 Å². The molecule has 4 heteroatoms. The van der Waals surface area contributed by atoms with E-state index in [9.17, 15) is 8.78 Å². The van der Waals surface area contributed by atoms with Crippen LogP contribution in [-0.2, 0) is 13.1 Å². The van der Waals surface area contributed by atoms with E-state index in [4.69, 9.17) is 0 Å². The van der Waals surface area contributed by atoms with E-state index in [1.807, 2.05) is 0 Å². The monoisotopic (exact) mass is 352 g/mol. The van der Waals surface area contributed by atoms with Crippen LogP contribution < -0.4 is 0 Å². The second kappa shape index (κ2) is 7.04. The Morgan fingerprint density at radius 2 is 1.85 bits per heavy atom. The van der Waals surface area contributed by atoms with Crippen molar-refractivity contribution in [1.82, 2.24) is 9.47 Å². The van der Waals surface area contributed by atoms with Gasteiger partial charge < -0.3 is 4.57 Å². The van der Waals surface area contributed by atoms with Gasteiger partial charge >= 0.3 is 0 Å². The minimum Gasteiger partial charge on any atom is -0.350 e. The van der Waals surface area contributed by atoms with E-state index in [-0.39, 0.29) is 6.04 Å². The quantitative estimate of drug-likeness (QED) is 0.639. The molecule has 0 saturated carbocycles. The highest BCUT2D eigenvalue weighted by atomic mass is 19.2. The SMILES string of the molecule is Cc1cccc([C@@H]2c3cccn3CCCN2Cc2cccc(F)c2F)c1. The molecule has 0 N–H and O–H groups in total. The molecular formula is C22H22F2N2. The summed E-state index contributed by atoms with van der Waals surface area (Å²) in [6.07, 6.45) is 3.07. The summed E-state index contributed by atoms with van der Waals surface area (Å²) in [5.74, 6) is -1.53. The summed E-state index contributed by atoms with van der Waals surface area (Å²) in [6.45, 7) is 4.23. The highest BCUT2D eigenvalue weighted by Gasteiger charge is 2.28. The van der Waals surface area contributed by atoms with Crippen molar-refractivity contribution in [3.63, 3.8) is 0 Å². The van der Waals surface area contributed by atoms with Gasteiger partial charge in [-0.15, -0.1) is 0 Å². The minimum atomic E-state index is -0.784. The number of halogens is 2. The molecule has 0 aliphatic carbocycles. The van der Waals surface area contributed by atoms with Crippen molar-refractivity contribution in [2.24, 2.45) is 0 Å². The molecule has 1 aromatic heterocycles. The maximum Gasteiger partial charge on any atom is 0.163 e. The lowest BCUT2D eigenvalue weighted by atomic mass is 9.99. The second-order valence-corrected chi connectivity index (χ2v) is 6.98. The molecule has 1 aliphatic rings. The van der Waals surface area contributed by atoms with Crippen LogP contribution in [0, 0.1) is 18.6 Å². The number of hydrogen-bond acceptors (Lipinski definition) is 1. The van der Waals surface area contributed by atoms with E-state index in [1.54, 1.807) is 12.1 Å². The van der Waals surface area contributed by atoms with Gasteiger partial charge in [-0.1, -0.05) is 42.0 Å². The van der Waals surface area contributed by atoms with Gasteiger partial charge in [-0.2, -0.15) is 0 Å². The maximum atomic E-state index is 14.3. The Bertz CT molecular complexity index is 916. The number of aromatic nitrogens is 1. The molecule has 2 nitrogen and oxygen atoms in total. The van der Waals surface area contributed by atoms with Crippen LogP contribution in [0.1, 0.15) is 34.8 Å². The molecule has 3 aromatic rings. The Balaban J connectivity index is 1.77. The van der Waals surface area contributed by atoms with Crippen molar-refractivity contribution in [3.05, 3.63) is 94.8 Å². The van der Waals surface area contributed by atoms with Crippen molar-refractivity contribution in [3.8, 4) is 0 Å². The molecule has 2 heterocycles. The zero-order valence-electron chi connectivity index (χ0n) is 14.8. The summed E-state index contributed by atoms with van der Waals surface area (Å²) in [4.78, 5) is 2.26. The summed E-state index contributed by atoms with van der Waals surface area (Å²) >= 11 is 0. The predicted octanol–water partition coefficient (Wildman–Crippen LogP) is 5.07. The molecule has 1 aliphatic heterocycles. The molecule has 1 atom stereocenters.